The summed E-state index contributed by atoms with van der Waals surface area (Å²) in [6, 6.07) is 8.71. The molecule has 0 saturated heterocycles. The van der Waals surface area contributed by atoms with Crippen LogP contribution in [-0.2, 0) is 0 Å². The second-order valence-electron chi connectivity index (χ2n) is 3.87. The third-order valence-corrected chi connectivity index (χ3v) is 2.91. The summed E-state index contributed by atoms with van der Waals surface area (Å²) in [5, 5.41) is 2.79. The van der Waals surface area contributed by atoms with Crippen LogP contribution < -0.4 is 11.1 Å². The van der Waals surface area contributed by atoms with Gasteiger partial charge in [0, 0.05) is 27.7 Å². The molecule has 0 aliphatic carbocycles. The summed E-state index contributed by atoms with van der Waals surface area (Å²) in [5.74, 6) is -0.237. The van der Waals surface area contributed by atoms with E-state index < -0.39 is 0 Å². The number of carbonyl (C=O) groups excluding carboxylic acids is 1. The van der Waals surface area contributed by atoms with Crippen molar-refractivity contribution < 1.29 is 4.79 Å². The van der Waals surface area contributed by atoms with Crippen molar-refractivity contribution in [2.45, 2.75) is 6.92 Å². The Labute approximate surface area is 113 Å². The predicted molar refractivity (Wildman–Crippen MR) is 75.5 cm³/mol. The monoisotopic (exact) mass is 305 g/mol. The number of nitrogens with zero attached hydrogens (tertiary/aromatic N) is 1. The van der Waals surface area contributed by atoms with E-state index in [2.05, 4.69) is 26.2 Å². The first kappa shape index (κ1) is 12.6. The summed E-state index contributed by atoms with van der Waals surface area (Å²) in [7, 11) is 0. The average Bonchev–Trinajstić information content (AvgIpc) is 2.32. The quantitative estimate of drug-likeness (QED) is 0.838. The number of pyridine rings is 1. The Morgan fingerprint density at radius 3 is 2.83 bits per heavy atom. The zero-order valence-electron chi connectivity index (χ0n) is 9.77. The number of anilines is 2. The minimum absolute atomic E-state index is 0.237. The van der Waals surface area contributed by atoms with Gasteiger partial charge in [-0.05, 0) is 37.3 Å². The van der Waals surface area contributed by atoms with Crippen molar-refractivity contribution in [2.24, 2.45) is 0 Å². The lowest BCUT2D eigenvalue weighted by Crippen LogP contribution is -2.14. The molecule has 5 heteroatoms. The van der Waals surface area contributed by atoms with E-state index in [1.807, 2.05) is 6.92 Å². The number of nitrogen functional groups attached to an aromatic ring is 1. The van der Waals surface area contributed by atoms with Gasteiger partial charge in [0.15, 0.2) is 0 Å². The van der Waals surface area contributed by atoms with Crippen molar-refractivity contribution in [2.75, 3.05) is 11.1 Å². The summed E-state index contributed by atoms with van der Waals surface area (Å²) in [6.45, 7) is 1.86. The molecule has 2 aromatic rings. The maximum absolute atomic E-state index is 12.1. The third-order valence-electron chi connectivity index (χ3n) is 2.41. The number of nitrogens with one attached hydrogen (secondary N) is 1. The van der Waals surface area contributed by atoms with Crippen LogP contribution in [0.4, 0.5) is 11.4 Å². The highest BCUT2D eigenvalue weighted by molar-refractivity contribution is 9.10. The van der Waals surface area contributed by atoms with Crippen molar-refractivity contribution >= 4 is 33.2 Å². The lowest BCUT2D eigenvalue weighted by molar-refractivity contribution is 0.102. The molecule has 0 aliphatic rings. The second kappa shape index (κ2) is 5.18. The van der Waals surface area contributed by atoms with Crippen molar-refractivity contribution in [1.82, 2.24) is 4.98 Å². The minimum Gasteiger partial charge on any atom is -0.398 e. The van der Waals surface area contributed by atoms with Gasteiger partial charge < -0.3 is 11.1 Å². The van der Waals surface area contributed by atoms with Crippen molar-refractivity contribution in [3.8, 4) is 0 Å². The molecule has 3 N–H and O–H groups in total. The first-order valence-corrected chi connectivity index (χ1v) is 6.14. The Hall–Kier alpha value is -1.88. The van der Waals surface area contributed by atoms with Crippen molar-refractivity contribution in [1.29, 1.82) is 0 Å². The van der Waals surface area contributed by atoms with Crippen LogP contribution in [0, 0.1) is 6.92 Å². The lowest BCUT2D eigenvalue weighted by atomic mass is 10.1. The summed E-state index contributed by atoms with van der Waals surface area (Å²) >= 11 is 3.32. The molecule has 0 radical (unpaired) electrons. The number of aryl methyl sites for hydroxylation is 1. The van der Waals surface area contributed by atoms with E-state index in [0.29, 0.717) is 16.9 Å². The molecule has 1 heterocycles. The van der Waals surface area contributed by atoms with Gasteiger partial charge in [0.2, 0.25) is 0 Å². The molecule has 0 aliphatic heterocycles. The number of benzene rings is 1. The topological polar surface area (TPSA) is 68.0 Å². The highest BCUT2D eigenvalue weighted by atomic mass is 79.9. The number of nitrogens with two attached hydrogens (primary N) is 1. The number of hydrogen-bond acceptors (Lipinski definition) is 3. The van der Waals surface area contributed by atoms with Crippen LogP contribution in [0.3, 0.4) is 0 Å². The number of amides is 1. The molecule has 0 saturated carbocycles. The van der Waals surface area contributed by atoms with Gasteiger partial charge in [0.1, 0.15) is 0 Å². The van der Waals surface area contributed by atoms with Gasteiger partial charge >= 0.3 is 0 Å². The van der Waals surface area contributed by atoms with E-state index in [0.717, 1.165) is 10.2 Å². The van der Waals surface area contributed by atoms with Gasteiger partial charge in [0.05, 0.1) is 5.56 Å². The van der Waals surface area contributed by atoms with Crippen LogP contribution in [0.2, 0.25) is 0 Å². The fourth-order valence-corrected chi connectivity index (χ4v) is 1.91. The van der Waals surface area contributed by atoms with Crippen molar-refractivity contribution in [3.63, 3.8) is 0 Å². The number of aromatic nitrogens is 1. The van der Waals surface area contributed by atoms with E-state index in [1.165, 1.54) is 0 Å². The molecule has 0 unspecified atom stereocenters. The predicted octanol–water partition coefficient (Wildman–Crippen LogP) is 2.99. The molecular weight excluding hydrogens is 294 g/mol. The highest BCUT2D eigenvalue weighted by Gasteiger charge is 2.10. The summed E-state index contributed by atoms with van der Waals surface area (Å²) in [4.78, 5) is 16.1. The third kappa shape index (κ3) is 2.87. The molecule has 1 amide bonds. The van der Waals surface area contributed by atoms with Crippen LogP contribution in [0.25, 0.3) is 0 Å². The zero-order chi connectivity index (χ0) is 13.1. The molecule has 2 rings (SSSR count). The maximum Gasteiger partial charge on any atom is 0.257 e. The molecule has 0 bridgehead atoms. The molecule has 0 atom stereocenters. The summed E-state index contributed by atoms with van der Waals surface area (Å²) in [6.07, 6.45) is 1.65. The minimum atomic E-state index is -0.237. The molecule has 18 heavy (non-hydrogen) atoms. The van der Waals surface area contributed by atoms with Gasteiger partial charge in [0.25, 0.3) is 5.91 Å². The standard InChI is InChI=1S/C13H12BrN3O/c1-8-6-10(4-5-16-8)17-13(18)11-7-9(14)2-3-12(11)15/h2-7H,15H2,1H3,(H,16,17,18). The van der Waals surface area contributed by atoms with E-state index in [9.17, 15) is 4.79 Å². The summed E-state index contributed by atoms with van der Waals surface area (Å²) in [5.41, 5.74) is 8.21. The second-order valence-corrected chi connectivity index (χ2v) is 4.79. The molecule has 1 aromatic carbocycles. The number of carbonyl (C=O) groups is 1. The van der Waals surface area contributed by atoms with Gasteiger partial charge in [-0.25, -0.2) is 0 Å². The molecule has 0 spiro atoms. The largest absolute Gasteiger partial charge is 0.398 e. The highest BCUT2D eigenvalue weighted by Crippen LogP contribution is 2.20. The first-order chi connectivity index (χ1) is 8.56. The van der Waals surface area contributed by atoms with Gasteiger partial charge in [-0.2, -0.15) is 0 Å². The fraction of sp³-hybridized carbons (Fsp3) is 0.0769. The Morgan fingerprint density at radius 2 is 2.11 bits per heavy atom. The number of halogens is 1. The van der Waals surface area contributed by atoms with Crippen LogP contribution in [0.1, 0.15) is 16.1 Å². The van der Waals surface area contributed by atoms with E-state index in [1.54, 1.807) is 36.5 Å². The Bertz CT molecular complexity index is 599. The van der Waals surface area contributed by atoms with Crippen LogP contribution in [0.15, 0.2) is 41.0 Å². The fourth-order valence-electron chi connectivity index (χ4n) is 1.55. The molecule has 92 valence electrons. The number of hydrogen-bond donors (Lipinski definition) is 2. The van der Waals surface area contributed by atoms with E-state index >= 15 is 0 Å². The SMILES string of the molecule is Cc1cc(NC(=O)c2cc(Br)ccc2N)ccn1. The van der Waals surface area contributed by atoms with Crippen LogP contribution in [-0.4, -0.2) is 10.9 Å². The summed E-state index contributed by atoms with van der Waals surface area (Å²) < 4.78 is 0.813. The lowest BCUT2D eigenvalue weighted by Gasteiger charge is -2.08. The Kier molecular flexibility index (Phi) is 3.62. The number of rotatable bonds is 2. The molecule has 1 aromatic heterocycles. The maximum atomic E-state index is 12.1. The Balaban J connectivity index is 2.24. The van der Waals surface area contributed by atoms with Crippen LogP contribution >= 0.6 is 15.9 Å². The van der Waals surface area contributed by atoms with Gasteiger partial charge in [-0.3, -0.25) is 9.78 Å². The van der Waals surface area contributed by atoms with Gasteiger partial charge in [-0.15, -0.1) is 0 Å². The Morgan fingerprint density at radius 1 is 1.33 bits per heavy atom. The molecular formula is C13H12BrN3O. The van der Waals surface area contributed by atoms with E-state index in [4.69, 9.17) is 5.73 Å². The average molecular weight is 306 g/mol. The normalized spacial score (nSPS) is 10.1. The van der Waals surface area contributed by atoms with Gasteiger partial charge in [-0.1, -0.05) is 15.9 Å². The molecule has 0 fully saturated rings. The zero-order valence-corrected chi connectivity index (χ0v) is 11.4. The molecule has 4 nitrogen and oxygen atoms in total. The van der Waals surface area contributed by atoms with Crippen LogP contribution in [0.5, 0.6) is 0 Å². The first-order valence-electron chi connectivity index (χ1n) is 5.35. The van der Waals surface area contributed by atoms with E-state index in [-0.39, 0.29) is 5.91 Å². The smallest absolute Gasteiger partial charge is 0.257 e. The van der Waals surface area contributed by atoms with Crippen molar-refractivity contribution in [3.05, 3.63) is 52.3 Å².